The van der Waals surface area contributed by atoms with E-state index < -0.39 is 33.8 Å². The van der Waals surface area contributed by atoms with Gasteiger partial charge >= 0.3 is 6.09 Å². The molecule has 1 aliphatic rings. The van der Waals surface area contributed by atoms with Crippen molar-refractivity contribution >= 4 is 16.2 Å². The number of aliphatic hydroxyl groups is 1. The van der Waals surface area contributed by atoms with Crippen LogP contribution in [0.4, 0.5) is 4.79 Å². The Hall–Kier alpha value is -1.64. The zero-order valence-corrected chi connectivity index (χ0v) is 22.3. The number of hydrogen-bond acceptors (Lipinski definition) is 6. The molecule has 0 aliphatic carbocycles. The number of rotatable bonds is 7. The lowest BCUT2D eigenvalue weighted by Crippen LogP contribution is -2.36. The summed E-state index contributed by atoms with van der Waals surface area (Å²) < 4.78 is 37.7. The van der Waals surface area contributed by atoms with Gasteiger partial charge in [-0.05, 0) is 55.2 Å². The Morgan fingerprint density at radius 1 is 1.03 bits per heavy atom. The molecule has 0 unspecified atom stereocenters. The van der Waals surface area contributed by atoms with E-state index in [0.29, 0.717) is 0 Å². The van der Waals surface area contributed by atoms with Crippen LogP contribution in [0.15, 0.2) is 17.0 Å². The SMILES string of the molecule is CC(C)c1cc(C(C)C)c(S(=O)(=O)OC[C@H]2CN(C(=O)OC(C)(C)C)C[C@H]2O)c(C(C)C)c1. The van der Waals surface area contributed by atoms with Gasteiger partial charge in [0.15, 0.2) is 0 Å². The van der Waals surface area contributed by atoms with Crippen molar-refractivity contribution in [2.75, 3.05) is 19.7 Å². The molecular weight excluding hydrogens is 442 g/mol. The number of nitrogens with zero attached hydrogens (tertiary/aromatic N) is 1. The molecule has 188 valence electrons. The molecule has 1 fully saturated rings. The Balaban J connectivity index is 2.28. The van der Waals surface area contributed by atoms with Crippen molar-refractivity contribution in [3.05, 3.63) is 28.8 Å². The fourth-order valence-corrected chi connectivity index (χ4v) is 5.55. The molecule has 2 rings (SSSR count). The third-order valence-electron chi connectivity index (χ3n) is 5.82. The van der Waals surface area contributed by atoms with E-state index in [4.69, 9.17) is 8.92 Å². The maximum Gasteiger partial charge on any atom is 0.410 e. The van der Waals surface area contributed by atoms with E-state index in [1.54, 1.807) is 20.8 Å². The summed E-state index contributed by atoms with van der Waals surface area (Å²) in [6.07, 6.45) is -1.41. The number of ether oxygens (including phenoxy) is 1. The monoisotopic (exact) mass is 483 g/mol. The van der Waals surface area contributed by atoms with Crippen LogP contribution in [0.5, 0.6) is 0 Å². The highest BCUT2D eigenvalue weighted by atomic mass is 32.2. The zero-order chi connectivity index (χ0) is 25.3. The fraction of sp³-hybridized carbons (Fsp3) is 0.720. The molecule has 1 N–H and O–H groups in total. The summed E-state index contributed by atoms with van der Waals surface area (Å²) in [6.45, 7) is 17.4. The minimum atomic E-state index is -4.08. The van der Waals surface area contributed by atoms with Gasteiger partial charge in [0.05, 0.1) is 19.3 Å². The van der Waals surface area contributed by atoms with Gasteiger partial charge in [0, 0.05) is 12.5 Å². The summed E-state index contributed by atoms with van der Waals surface area (Å²) in [6, 6.07) is 3.93. The summed E-state index contributed by atoms with van der Waals surface area (Å²) in [5, 5.41) is 10.4. The van der Waals surface area contributed by atoms with Gasteiger partial charge in [0.25, 0.3) is 10.1 Å². The standard InChI is InChI=1S/C25H41NO6S/c1-15(2)18-10-20(16(3)4)23(21(11-18)17(5)6)33(29,30)31-14-19-12-26(13-22(19)27)24(28)32-25(7,8)9/h10-11,15-17,19,22,27H,12-14H2,1-9H3/t19-,22-/m1/s1. The van der Waals surface area contributed by atoms with Crippen molar-refractivity contribution in [1.29, 1.82) is 0 Å². The van der Waals surface area contributed by atoms with E-state index in [9.17, 15) is 18.3 Å². The van der Waals surface area contributed by atoms with Gasteiger partial charge in [0.2, 0.25) is 0 Å². The van der Waals surface area contributed by atoms with Gasteiger partial charge in [-0.1, -0.05) is 53.7 Å². The zero-order valence-electron chi connectivity index (χ0n) is 21.5. The van der Waals surface area contributed by atoms with Crippen molar-refractivity contribution in [1.82, 2.24) is 4.90 Å². The number of β-amino-alcohol motifs (C(OH)–C–C–N with tert-alkyl or cyclic N) is 1. The number of likely N-dealkylation sites (tertiary alicyclic amines) is 1. The molecule has 0 bridgehead atoms. The third kappa shape index (κ3) is 6.93. The minimum Gasteiger partial charge on any atom is -0.444 e. The molecule has 33 heavy (non-hydrogen) atoms. The molecule has 7 nitrogen and oxygen atoms in total. The Labute approximate surface area is 199 Å². The fourth-order valence-electron chi connectivity index (χ4n) is 3.91. The molecule has 0 radical (unpaired) electrons. The number of aliphatic hydroxyl groups excluding tert-OH is 1. The lowest BCUT2D eigenvalue weighted by molar-refractivity contribution is 0.0269. The summed E-state index contributed by atoms with van der Waals surface area (Å²) in [7, 11) is -4.08. The Kier molecular flexibility index (Phi) is 8.63. The van der Waals surface area contributed by atoms with Crippen LogP contribution in [0.3, 0.4) is 0 Å². The number of amides is 1. The van der Waals surface area contributed by atoms with Crippen molar-refractivity contribution < 1.29 is 27.2 Å². The van der Waals surface area contributed by atoms with Gasteiger partial charge in [-0.2, -0.15) is 8.42 Å². The van der Waals surface area contributed by atoms with Crippen molar-refractivity contribution in [3.8, 4) is 0 Å². The number of carbonyl (C=O) groups is 1. The van der Waals surface area contributed by atoms with Crippen LogP contribution in [0.25, 0.3) is 0 Å². The van der Waals surface area contributed by atoms with E-state index in [2.05, 4.69) is 13.8 Å². The summed E-state index contributed by atoms with van der Waals surface area (Å²) in [5.74, 6) is -0.263. The highest BCUT2D eigenvalue weighted by molar-refractivity contribution is 7.86. The van der Waals surface area contributed by atoms with E-state index in [-0.39, 0.29) is 42.3 Å². The Morgan fingerprint density at radius 3 is 1.97 bits per heavy atom. The van der Waals surface area contributed by atoms with Gasteiger partial charge in [-0.25, -0.2) is 4.79 Å². The first-order valence-corrected chi connectivity index (χ1v) is 13.2. The average Bonchev–Trinajstić information content (AvgIpc) is 3.04. The largest absolute Gasteiger partial charge is 0.444 e. The molecule has 1 amide bonds. The van der Waals surface area contributed by atoms with Crippen LogP contribution in [0.2, 0.25) is 0 Å². The molecule has 1 heterocycles. The van der Waals surface area contributed by atoms with Crippen LogP contribution in [0.1, 0.15) is 96.8 Å². The Bertz CT molecular complexity index is 917. The summed E-state index contributed by atoms with van der Waals surface area (Å²) in [4.78, 5) is 14.0. The smallest absolute Gasteiger partial charge is 0.410 e. The molecule has 0 saturated carbocycles. The first-order chi connectivity index (χ1) is 15.0. The number of carbonyl (C=O) groups excluding carboxylic acids is 1. The van der Waals surface area contributed by atoms with Crippen molar-refractivity contribution in [3.63, 3.8) is 0 Å². The second-order valence-corrected chi connectivity index (χ2v) is 12.5. The van der Waals surface area contributed by atoms with Gasteiger partial charge in [-0.3, -0.25) is 4.18 Å². The van der Waals surface area contributed by atoms with Gasteiger partial charge in [-0.15, -0.1) is 0 Å². The predicted molar refractivity (Wildman–Crippen MR) is 129 cm³/mol. The Morgan fingerprint density at radius 2 is 1.55 bits per heavy atom. The predicted octanol–water partition coefficient (Wildman–Crippen LogP) is 4.99. The number of benzene rings is 1. The van der Waals surface area contributed by atoms with Crippen LogP contribution >= 0.6 is 0 Å². The van der Waals surface area contributed by atoms with Crippen LogP contribution < -0.4 is 0 Å². The highest BCUT2D eigenvalue weighted by Gasteiger charge is 2.38. The van der Waals surface area contributed by atoms with Crippen LogP contribution in [0, 0.1) is 5.92 Å². The second kappa shape index (κ2) is 10.3. The van der Waals surface area contributed by atoms with Crippen LogP contribution in [-0.4, -0.2) is 55.9 Å². The maximum atomic E-state index is 13.4. The topological polar surface area (TPSA) is 93.1 Å². The van der Waals surface area contributed by atoms with Crippen LogP contribution in [-0.2, 0) is 19.0 Å². The van der Waals surface area contributed by atoms with Gasteiger partial charge in [0.1, 0.15) is 10.5 Å². The van der Waals surface area contributed by atoms with Gasteiger partial charge < -0.3 is 14.7 Å². The van der Waals surface area contributed by atoms with E-state index in [1.807, 2.05) is 39.8 Å². The van der Waals surface area contributed by atoms with E-state index in [1.165, 1.54) is 4.90 Å². The third-order valence-corrected chi connectivity index (χ3v) is 7.24. The van der Waals surface area contributed by atoms with Crippen molar-refractivity contribution in [2.24, 2.45) is 5.92 Å². The van der Waals surface area contributed by atoms with E-state index >= 15 is 0 Å². The summed E-state index contributed by atoms with van der Waals surface area (Å²) >= 11 is 0. The summed E-state index contributed by atoms with van der Waals surface area (Å²) in [5.41, 5.74) is 1.93. The first kappa shape index (κ1) is 27.6. The molecule has 1 aromatic rings. The quantitative estimate of drug-likeness (QED) is 0.549. The number of hydrogen-bond donors (Lipinski definition) is 1. The molecular formula is C25H41NO6S. The lowest BCUT2D eigenvalue weighted by Gasteiger charge is -2.24. The molecule has 0 spiro atoms. The second-order valence-electron chi connectivity index (χ2n) is 10.9. The lowest BCUT2D eigenvalue weighted by atomic mass is 9.89. The molecule has 8 heteroatoms. The minimum absolute atomic E-state index is 0.00527. The maximum absolute atomic E-state index is 13.4. The molecule has 2 atom stereocenters. The van der Waals surface area contributed by atoms with Crippen molar-refractivity contribution in [2.45, 2.75) is 96.7 Å². The molecule has 1 saturated heterocycles. The average molecular weight is 484 g/mol. The molecule has 0 aromatic heterocycles. The molecule has 1 aromatic carbocycles. The highest BCUT2D eigenvalue weighted by Crippen LogP contribution is 2.36. The van der Waals surface area contributed by atoms with E-state index in [0.717, 1.165) is 16.7 Å². The first-order valence-electron chi connectivity index (χ1n) is 11.8. The normalized spacial score (nSPS) is 19.7. The molecule has 1 aliphatic heterocycles.